The molecule has 1 aromatic rings. The van der Waals surface area contributed by atoms with E-state index < -0.39 is 11.8 Å². The second kappa shape index (κ2) is 5.46. The van der Waals surface area contributed by atoms with Crippen molar-refractivity contribution in [3.63, 3.8) is 0 Å². The molecule has 4 nitrogen and oxygen atoms in total. The topological polar surface area (TPSA) is 49.8 Å². The fourth-order valence-electron chi connectivity index (χ4n) is 2.02. The van der Waals surface area contributed by atoms with Gasteiger partial charge in [0.05, 0.1) is 18.8 Å². The molecule has 1 atom stereocenters. The number of rotatable bonds is 3. The lowest BCUT2D eigenvalue weighted by molar-refractivity contribution is -0.00480. The summed E-state index contributed by atoms with van der Waals surface area (Å²) >= 11 is 0. The Hall–Kier alpha value is -1.46. The minimum Gasteiger partial charge on any atom is -0.478 e. The van der Waals surface area contributed by atoms with E-state index in [0.29, 0.717) is 25.3 Å². The molecule has 1 saturated heterocycles. The van der Waals surface area contributed by atoms with Crippen LogP contribution in [0.2, 0.25) is 0 Å². The quantitative estimate of drug-likeness (QED) is 0.891. The van der Waals surface area contributed by atoms with Gasteiger partial charge in [0, 0.05) is 24.7 Å². The third-order valence-corrected chi connectivity index (χ3v) is 3.18. The van der Waals surface area contributed by atoms with E-state index in [-0.39, 0.29) is 11.6 Å². The van der Waals surface area contributed by atoms with Crippen molar-refractivity contribution in [2.75, 3.05) is 19.8 Å². The van der Waals surface area contributed by atoms with Crippen molar-refractivity contribution < 1.29 is 19.0 Å². The van der Waals surface area contributed by atoms with Crippen LogP contribution in [0.25, 0.3) is 0 Å². The Morgan fingerprint density at radius 1 is 1.61 bits per heavy atom. The van der Waals surface area contributed by atoms with Crippen LogP contribution in [0.4, 0.5) is 4.39 Å². The van der Waals surface area contributed by atoms with Crippen molar-refractivity contribution in [3.05, 3.63) is 35.1 Å². The number of hydrogen-bond acceptors (Lipinski definition) is 3. The van der Waals surface area contributed by atoms with Gasteiger partial charge in [0.25, 0.3) is 0 Å². The van der Waals surface area contributed by atoms with E-state index in [1.807, 2.05) is 6.92 Å². The maximum absolute atomic E-state index is 13.8. The monoisotopic (exact) mass is 253 g/mol. The number of aromatic carboxylic acids is 1. The van der Waals surface area contributed by atoms with Gasteiger partial charge in [0.15, 0.2) is 0 Å². The average Bonchev–Trinajstić information content (AvgIpc) is 2.34. The van der Waals surface area contributed by atoms with Gasteiger partial charge < -0.3 is 9.84 Å². The number of carboxylic acid groups (broad SMARTS) is 1. The first kappa shape index (κ1) is 13.0. The Balaban J connectivity index is 2.11. The third-order valence-electron chi connectivity index (χ3n) is 3.18. The van der Waals surface area contributed by atoms with Gasteiger partial charge in [-0.1, -0.05) is 6.07 Å². The summed E-state index contributed by atoms with van der Waals surface area (Å²) < 4.78 is 19.1. The van der Waals surface area contributed by atoms with Gasteiger partial charge in [-0.25, -0.2) is 9.18 Å². The maximum atomic E-state index is 13.8. The molecular formula is C13H16FNO3. The number of benzene rings is 1. The van der Waals surface area contributed by atoms with Gasteiger partial charge in [-0.2, -0.15) is 0 Å². The minimum atomic E-state index is -1.11. The summed E-state index contributed by atoms with van der Waals surface area (Å²) in [5.74, 6) is -1.58. The van der Waals surface area contributed by atoms with Gasteiger partial charge >= 0.3 is 5.97 Å². The molecule has 0 aromatic heterocycles. The molecule has 1 fully saturated rings. The zero-order valence-electron chi connectivity index (χ0n) is 10.2. The van der Waals surface area contributed by atoms with E-state index in [9.17, 15) is 9.18 Å². The molecular weight excluding hydrogens is 237 g/mol. The summed E-state index contributed by atoms with van der Waals surface area (Å²) in [4.78, 5) is 12.8. The first-order valence-corrected chi connectivity index (χ1v) is 5.91. The Morgan fingerprint density at radius 2 is 2.39 bits per heavy atom. The molecule has 0 aliphatic carbocycles. The number of hydrogen-bond donors (Lipinski definition) is 1. The summed E-state index contributed by atoms with van der Waals surface area (Å²) in [7, 11) is 0. The van der Waals surface area contributed by atoms with Crippen molar-refractivity contribution in [3.8, 4) is 0 Å². The number of nitrogens with zero attached hydrogens (tertiary/aromatic N) is 1. The molecule has 18 heavy (non-hydrogen) atoms. The van der Waals surface area contributed by atoms with Crippen molar-refractivity contribution in [1.82, 2.24) is 4.90 Å². The summed E-state index contributed by atoms with van der Waals surface area (Å²) in [6.45, 7) is 4.58. The van der Waals surface area contributed by atoms with E-state index in [2.05, 4.69) is 4.90 Å². The largest absolute Gasteiger partial charge is 0.478 e. The van der Waals surface area contributed by atoms with Gasteiger partial charge in [0.1, 0.15) is 5.82 Å². The van der Waals surface area contributed by atoms with Crippen LogP contribution in [0.3, 0.4) is 0 Å². The van der Waals surface area contributed by atoms with Crippen LogP contribution in [0.5, 0.6) is 0 Å². The first-order chi connectivity index (χ1) is 8.58. The zero-order valence-corrected chi connectivity index (χ0v) is 10.2. The average molecular weight is 253 g/mol. The van der Waals surface area contributed by atoms with Crippen molar-refractivity contribution >= 4 is 5.97 Å². The van der Waals surface area contributed by atoms with Crippen LogP contribution < -0.4 is 0 Å². The molecule has 5 heteroatoms. The second-order valence-electron chi connectivity index (χ2n) is 4.51. The number of ether oxygens (including phenoxy) is 1. The van der Waals surface area contributed by atoms with Crippen LogP contribution in [0.15, 0.2) is 18.2 Å². The summed E-state index contributed by atoms with van der Waals surface area (Å²) in [5, 5.41) is 8.77. The Kier molecular flexibility index (Phi) is 3.93. The maximum Gasteiger partial charge on any atom is 0.335 e. The Morgan fingerprint density at radius 3 is 3.00 bits per heavy atom. The van der Waals surface area contributed by atoms with Gasteiger partial charge in [-0.05, 0) is 19.1 Å². The lowest BCUT2D eigenvalue weighted by Gasteiger charge is -2.33. The van der Waals surface area contributed by atoms with Crippen molar-refractivity contribution in [2.24, 2.45) is 0 Å². The number of carboxylic acids is 1. The smallest absolute Gasteiger partial charge is 0.335 e. The molecule has 0 amide bonds. The number of halogens is 1. The highest BCUT2D eigenvalue weighted by atomic mass is 19.1. The Bertz CT molecular complexity index is 450. The standard InChI is InChI=1S/C13H16FNO3/c1-9-8-18-5-4-15(9)7-11-3-2-10(13(16)17)6-12(11)14/h2-3,6,9H,4-5,7-8H2,1H3,(H,16,17). The second-order valence-corrected chi connectivity index (χ2v) is 4.51. The molecule has 1 aliphatic heterocycles. The Labute approximate surface area is 105 Å². The summed E-state index contributed by atoms with van der Waals surface area (Å²) in [5.41, 5.74) is 0.500. The number of carbonyl (C=O) groups is 1. The van der Waals surface area contributed by atoms with Crippen LogP contribution in [0, 0.1) is 5.82 Å². The van der Waals surface area contributed by atoms with E-state index in [0.717, 1.165) is 12.6 Å². The van der Waals surface area contributed by atoms with Gasteiger partial charge in [0.2, 0.25) is 0 Å². The highest BCUT2D eigenvalue weighted by molar-refractivity contribution is 5.87. The van der Waals surface area contributed by atoms with E-state index in [1.165, 1.54) is 6.07 Å². The molecule has 1 heterocycles. The van der Waals surface area contributed by atoms with E-state index in [4.69, 9.17) is 9.84 Å². The summed E-state index contributed by atoms with van der Waals surface area (Å²) in [6.07, 6.45) is 0. The lowest BCUT2D eigenvalue weighted by atomic mass is 10.1. The predicted octanol–water partition coefficient (Wildman–Crippen LogP) is 1.74. The van der Waals surface area contributed by atoms with E-state index >= 15 is 0 Å². The van der Waals surface area contributed by atoms with Crippen LogP contribution >= 0.6 is 0 Å². The van der Waals surface area contributed by atoms with Crippen LogP contribution in [0.1, 0.15) is 22.8 Å². The minimum absolute atomic E-state index is 0.0220. The number of morpholine rings is 1. The van der Waals surface area contributed by atoms with Gasteiger partial charge in [-0.3, -0.25) is 4.90 Å². The third kappa shape index (κ3) is 2.86. The molecule has 98 valence electrons. The molecule has 1 N–H and O–H groups in total. The van der Waals surface area contributed by atoms with Gasteiger partial charge in [-0.15, -0.1) is 0 Å². The first-order valence-electron chi connectivity index (χ1n) is 5.91. The zero-order chi connectivity index (χ0) is 13.1. The molecule has 0 saturated carbocycles. The van der Waals surface area contributed by atoms with Crippen molar-refractivity contribution in [1.29, 1.82) is 0 Å². The van der Waals surface area contributed by atoms with Crippen molar-refractivity contribution in [2.45, 2.75) is 19.5 Å². The molecule has 1 aliphatic rings. The lowest BCUT2D eigenvalue weighted by Crippen LogP contribution is -2.43. The normalized spacial score (nSPS) is 20.9. The molecule has 0 bridgehead atoms. The molecule has 2 rings (SSSR count). The fourth-order valence-corrected chi connectivity index (χ4v) is 2.02. The molecule has 0 radical (unpaired) electrons. The predicted molar refractivity (Wildman–Crippen MR) is 64.1 cm³/mol. The summed E-state index contributed by atoms with van der Waals surface area (Å²) in [6, 6.07) is 4.30. The van der Waals surface area contributed by atoms with E-state index in [1.54, 1.807) is 6.07 Å². The molecule has 1 aromatic carbocycles. The molecule has 0 spiro atoms. The highest BCUT2D eigenvalue weighted by Crippen LogP contribution is 2.16. The highest BCUT2D eigenvalue weighted by Gasteiger charge is 2.20. The fraction of sp³-hybridized carbons (Fsp3) is 0.462. The van der Waals surface area contributed by atoms with Crippen LogP contribution in [-0.4, -0.2) is 41.8 Å². The SMILES string of the molecule is CC1COCCN1Cc1ccc(C(=O)O)cc1F. The van der Waals surface area contributed by atoms with Crippen LogP contribution in [-0.2, 0) is 11.3 Å². The molecule has 1 unspecified atom stereocenters.